The zero-order chi connectivity index (χ0) is 13.7. The molecule has 1 aliphatic heterocycles. The molecule has 0 aromatic carbocycles. The van der Waals surface area contributed by atoms with Gasteiger partial charge in [-0.3, -0.25) is 9.69 Å². The molecule has 0 unspecified atom stereocenters. The van der Waals surface area contributed by atoms with E-state index in [1.807, 2.05) is 4.90 Å². The van der Waals surface area contributed by atoms with Crippen molar-refractivity contribution in [1.82, 2.24) is 9.80 Å². The largest absolute Gasteiger partial charge is 0.377 e. The number of ether oxygens (including phenoxy) is 1. The Bertz CT molecular complexity index is 286. The summed E-state index contributed by atoms with van der Waals surface area (Å²) >= 11 is 0. The van der Waals surface area contributed by atoms with Crippen molar-refractivity contribution in [2.75, 3.05) is 39.3 Å². The van der Waals surface area contributed by atoms with Gasteiger partial charge in [0.2, 0.25) is 5.91 Å². The quantitative estimate of drug-likeness (QED) is 0.728. The highest BCUT2D eigenvalue weighted by Gasteiger charge is 2.32. The highest BCUT2D eigenvalue weighted by atomic mass is 16.5. The van der Waals surface area contributed by atoms with Crippen LogP contribution >= 0.6 is 0 Å². The van der Waals surface area contributed by atoms with Gasteiger partial charge >= 0.3 is 0 Å². The Morgan fingerprint density at radius 3 is 2.53 bits per heavy atom. The average Bonchev–Trinajstić information content (AvgIpc) is 3.23. The number of likely N-dealkylation sites (N-methyl/N-ethyl adjacent to an activating group) is 1. The van der Waals surface area contributed by atoms with Gasteiger partial charge in [-0.05, 0) is 32.6 Å². The van der Waals surface area contributed by atoms with E-state index in [2.05, 4.69) is 11.8 Å². The van der Waals surface area contributed by atoms with Crippen molar-refractivity contribution >= 4 is 5.91 Å². The third-order valence-electron chi connectivity index (χ3n) is 4.01. The second kappa shape index (κ2) is 7.22. The number of carbonyl (C=O) groups is 1. The number of nitrogens with zero attached hydrogens (tertiary/aromatic N) is 2. The second-order valence-corrected chi connectivity index (χ2v) is 5.55. The molecule has 19 heavy (non-hydrogen) atoms. The molecular weight excluding hydrogens is 242 g/mol. The summed E-state index contributed by atoms with van der Waals surface area (Å²) < 4.78 is 5.66. The molecule has 0 radical (unpaired) electrons. The van der Waals surface area contributed by atoms with Crippen molar-refractivity contribution in [3.8, 4) is 0 Å². The maximum atomic E-state index is 12.2. The lowest BCUT2D eigenvalue weighted by atomic mass is 10.1. The van der Waals surface area contributed by atoms with Crippen molar-refractivity contribution in [2.24, 2.45) is 5.73 Å². The molecule has 2 fully saturated rings. The molecule has 5 nitrogen and oxygen atoms in total. The molecule has 0 bridgehead atoms. The lowest BCUT2D eigenvalue weighted by molar-refractivity contribution is -0.133. The standard InChI is InChI=1S/C14H27N3O2/c1-2-17(12-3-4-12)14(18)11-16-8-5-13(6-9-16)19-10-7-15/h12-13H,2-11,15H2,1H3. The van der Waals surface area contributed by atoms with Crippen LogP contribution in [-0.4, -0.2) is 67.2 Å². The molecule has 1 saturated heterocycles. The van der Waals surface area contributed by atoms with Crippen LogP contribution in [0, 0.1) is 0 Å². The van der Waals surface area contributed by atoms with Crippen LogP contribution in [0.5, 0.6) is 0 Å². The zero-order valence-electron chi connectivity index (χ0n) is 12.0. The van der Waals surface area contributed by atoms with Crippen molar-refractivity contribution in [2.45, 2.75) is 44.8 Å². The Morgan fingerprint density at radius 2 is 2.00 bits per heavy atom. The van der Waals surface area contributed by atoms with E-state index in [9.17, 15) is 4.79 Å². The summed E-state index contributed by atoms with van der Waals surface area (Å²) in [5, 5.41) is 0. The number of amides is 1. The molecule has 5 heteroatoms. The Kier molecular flexibility index (Phi) is 5.60. The van der Waals surface area contributed by atoms with Crippen LogP contribution in [0.1, 0.15) is 32.6 Å². The lowest BCUT2D eigenvalue weighted by Crippen LogP contribution is -2.45. The van der Waals surface area contributed by atoms with Gasteiger partial charge in [-0.15, -0.1) is 0 Å². The number of likely N-dealkylation sites (tertiary alicyclic amines) is 1. The summed E-state index contributed by atoms with van der Waals surface area (Å²) in [6, 6.07) is 0.530. The van der Waals surface area contributed by atoms with Gasteiger partial charge in [-0.25, -0.2) is 0 Å². The minimum absolute atomic E-state index is 0.298. The molecule has 1 saturated carbocycles. The topological polar surface area (TPSA) is 58.8 Å². The van der Waals surface area contributed by atoms with Gasteiger partial charge in [0, 0.05) is 32.2 Å². The van der Waals surface area contributed by atoms with Crippen molar-refractivity contribution in [3.63, 3.8) is 0 Å². The maximum Gasteiger partial charge on any atom is 0.236 e. The molecule has 0 spiro atoms. The number of rotatable bonds is 7. The van der Waals surface area contributed by atoms with Gasteiger partial charge in [-0.2, -0.15) is 0 Å². The molecule has 2 rings (SSSR count). The third-order valence-corrected chi connectivity index (χ3v) is 4.01. The summed E-state index contributed by atoms with van der Waals surface area (Å²) in [5.74, 6) is 0.298. The van der Waals surface area contributed by atoms with Crippen molar-refractivity contribution < 1.29 is 9.53 Å². The van der Waals surface area contributed by atoms with E-state index >= 15 is 0 Å². The summed E-state index contributed by atoms with van der Waals surface area (Å²) in [4.78, 5) is 16.5. The Morgan fingerprint density at radius 1 is 1.32 bits per heavy atom. The Hall–Kier alpha value is -0.650. The SMILES string of the molecule is CCN(C(=O)CN1CCC(OCCN)CC1)C1CC1. The van der Waals surface area contributed by atoms with E-state index in [4.69, 9.17) is 10.5 Å². The molecular formula is C14H27N3O2. The first-order chi connectivity index (χ1) is 9.24. The van der Waals surface area contributed by atoms with Crippen LogP contribution < -0.4 is 5.73 Å². The predicted molar refractivity (Wildman–Crippen MR) is 74.9 cm³/mol. The van der Waals surface area contributed by atoms with Gasteiger partial charge in [0.1, 0.15) is 0 Å². The molecule has 1 heterocycles. The summed E-state index contributed by atoms with van der Waals surface area (Å²) in [5.41, 5.74) is 5.44. The number of piperidine rings is 1. The number of nitrogens with two attached hydrogens (primary N) is 1. The van der Waals surface area contributed by atoms with E-state index in [0.29, 0.717) is 37.7 Å². The van der Waals surface area contributed by atoms with E-state index in [1.54, 1.807) is 0 Å². The zero-order valence-corrected chi connectivity index (χ0v) is 12.0. The number of carbonyl (C=O) groups excluding carboxylic acids is 1. The molecule has 1 aliphatic carbocycles. The molecule has 1 amide bonds. The fourth-order valence-electron chi connectivity index (χ4n) is 2.78. The second-order valence-electron chi connectivity index (χ2n) is 5.55. The first-order valence-electron chi connectivity index (χ1n) is 7.58. The van der Waals surface area contributed by atoms with Crippen molar-refractivity contribution in [1.29, 1.82) is 0 Å². The normalized spacial score (nSPS) is 21.6. The van der Waals surface area contributed by atoms with Gasteiger partial charge in [0.15, 0.2) is 0 Å². The summed E-state index contributed by atoms with van der Waals surface area (Å²) in [6.07, 6.45) is 4.75. The average molecular weight is 269 g/mol. The van der Waals surface area contributed by atoms with Crippen LogP contribution in [0.2, 0.25) is 0 Å². The highest BCUT2D eigenvalue weighted by Crippen LogP contribution is 2.26. The number of hydrogen-bond donors (Lipinski definition) is 1. The van der Waals surface area contributed by atoms with Crippen molar-refractivity contribution in [3.05, 3.63) is 0 Å². The van der Waals surface area contributed by atoms with Gasteiger partial charge < -0.3 is 15.4 Å². The highest BCUT2D eigenvalue weighted by molar-refractivity contribution is 5.78. The summed E-state index contributed by atoms with van der Waals surface area (Å²) in [6.45, 7) is 6.66. The fraction of sp³-hybridized carbons (Fsp3) is 0.929. The fourth-order valence-corrected chi connectivity index (χ4v) is 2.78. The van der Waals surface area contributed by atoms with E-state index < -0.39 is 0 Å². The molecule has 0 aromatic rings. The molecule has 0 aromatic heterocycles. The smallest absolute Gasteiger partial charge is 0.236 e. The molecule has 0 atom stereocenters. The van der Waals surface area contributed by atoms with Crippen LogP contribution in [-0.2, 0) is 9.53 Å². The molecule has 2 aliphatic rings. The predicted octanol–water partition coefficient (Wildman–Crippen LogP) is 0.437. The van der Waals surface area contributed by atoms with E-state index in [-0.39, 0.29) is 0 Å². The monoisotopic (exact) mass is 269 g/mol. The maximum absolute atomic E-state index is 12.2. The van der Waals surface area contributed by atoms with E-state index in [0.717, 1.165) is 32.5 Å². The first kappa shape index (κ1) is 14.8. The molecule has 2 N–H and O–H groups in total. The Labute approximate surface area is 116 Å². The Balaban J connectivity index is 1.68. The van der Waals surface area contributed by atoms with Gasteiger partial charge in [0.05, 0.1) is 19.3 Å². The van der Waals surface area contributed by atoms with Crippen LogP contribution in [0.3, 0.4) is 0 Å². The molecule has 110 valence electrons. The van der Waals surface area contributed by atoms with Crippen LogP contribution in [0.25, 0.3) is 0 Å². The van der Waals surface area contributed by atoms with Gasteiger partial charge in [-0.1, -0.05) is 0 Å². The minimum atomic E-state index is 0.298. The number of hydrogen-bond acceptors (Lipinski definition) is 4. The summed E-state index contributed by atoms with van der Waals surface area (Å²) in [7, 11) is 0. The third kappa shape index (κ3) is 4.44. The van der Waals surface area contributed by atoms with Crippen LogP contribution in [0.4, 0.5) is 0 Å². The van der Waals surface area contributed by atoms with Crippen LogP contribution in [0.15, 0.2) is 0 Å². The van der Waals surface area contributed by atoms with E-state index in [1.165, 1.54) is 12.8 Å². The first-order valence-corrected chi connectivity index (χ1v) is 7.58. The minimum Gasteiger partial charge on any atom is -0.377 e. The lowest BCUT2D eigenvalue weighted by Gasteiger charge is -2.33. The van der Waals surface area contributed by atoms with Gasteiger partial charge in [0.25, 0.3) is 0 Å².